The number of hydrogen-bond donors (Lipinski definition) is 8. The number of methoxy groups -OCH3 is 1. The van der Waals surface area contributed by atoms with Gasteiger partial charge in [-0.2, -0.15) is 0 Å². The highest BCUT2D eigenvalue weighted by molar-refractivity contribution is 5.72. The standard InChI is InChI=1S/C57H104O24/c1-9-15-21-68-31-38-47(70-23-17-11-3)49(72-25-19-13-5)51(80-54-44(64)42(62)40(60)36(29-58)75-54)56(77-38)74-35-28-34(53(66)67-8)27-33(7)46(35)79-57-52(81-55-45(65)43(63)41(61)37(30-59)76-55)50(73-26-20-14-6)48(71-24-18-12-4)39(78-57)32-69-22-16-10-2/h33-52,54-65H,9-32H2,1-8H3/t33?,34?,35-,36?,37?,38?,39?,40-,41-,42?,43?,44?,45?,46?,47-,48-,49?,50?,51?,52?,54-,55-,56+,57-/m1/s1. The lowest BCUT2D eigenvalue weighted by Gasteiger charge is -2.51. The molecule has 5 rings (SSSR count). The fourth-order valence-electron chi connectivity index (χ4n) is 10.8. The van der Waals surface area contributed by atoms with Crippen LogP contribution in [0.25, 0.3) is 0 Å². The number of aliphatic hydroxyl groups excluding tert-OH is 8. The maximum Gasteiger partial charge on any atom is 0.308 e. The van der Waals surface area contributed by atoms with Crippen molar-refractivity contribution in [2.75, 3.05) is 73.2 Å². The van der Waals surface area contributed by atoms with Gasteiger partial charge in [0, 0.05) is 39.6 Å². The van der Waals surface area contributed by atoms with Gasteiger partial charge in [-0.3, -0.25) is 4.79 Å². The minimum absolute atomic E-state index is 0.00252. The van der Waals surface area contributed by atoms with Gasteiger partial charge in [-0.1, -0.05) is 87.0 Å². The molecule has 4 aliphatic heterocycles. The molecule has 0 amide bonds. The molecule has 24 heteroatoms. The molecule has 0 bridgehead atoms. The predicted octanol–water partition coefficient (Wildman–Crippen LogP) is 2.17. The Hall–Kier alpha value is -1.41. The van der Waals surface area contributed by atoms with Gasteiger partial charge >= 0.3 is 5.97 Å². The van der Waals surface area contributed by atoms with E-state index in [0.717, 1.165) is 51.4 Å². The van der Waals surface area contributed by atoms with E-state index in [1.54, 1.807) is 0 Å². The quantitative estimate of drug-likeness (QED) is 0.0326. The summed E-state index contributed by atoms with van der Waals surface area (Å²) in [6.07, 6.45) is -20.2. The van der Waals surface area contributed by atoms with Crippen LogP contribution in [-0.4, -0.2) is 255 Å². The molecule has 4 heterocycles. The molecule has 0 spiro atoms. The third-order valence-electron chi connectivity index (χ3n) is 15.8. The Labute approximate surface area is 479 Å². The molecule has 1 aliphatic carbocycles. The smallest absolute Gasteiger partial charge is 0.308 e. The zero-order valence-electron chi connectivity index (χ0n) is 49.4. The van der Waals surface area contributed by atoms with Crippen molar-refractivity contribution in [3.8, 4) is 0 Å². The molecule has 0 aromatic carbocycles. The van der Waals surface area contributed by atoms with Crippen LogP contribution in [0, 0.1) is 11.8 Å². The SMILES string of the molecule is CCCCOCC1O[C@H](OC2C(C)CC(C(=O)OC)C[C@H]2O[C@H]2OC(COCCCC)[C@@H](OCCCC)C(OCCCC)C2O[C@H]2OC(CO)[C@@H](O)C(O)C2O)C(O[C@H]2OC(CO)[C@@H](O)C(O)C2O)C(OCCCC)[C@@H]1OCCCC. The van der Waals surface area contributed by atoms with E-state index >= 15 is 0 Å². The third-order valence-corrected chi connectivity index (χ3v) is 15.8. The maximum absolute atomic E-state index is 13.7. The van der Waals surface area contributed by atoms with E-state index in [2.05, 4.69) is 6.92 Å². The Balaban J connectivity index is 1.66. The van der Waals surface area contributed by atoms with Crippen LogP contribution in [0.2, 0.25) is 0 Å². The van der Waals surface area contributed by atoms with Crippen LogP contribution >= 0.6 is 0 Å². The Kier molecular flexibility index (Phi) is 32.4. The van der Waals surface area contributed by atoms with E-state index in [-0.39, 0.29) is 39.3 Å². The van der Waals surface area contributed by atoms with E-state index in [1.165, 1.54) is 7.11 Å². The number of aliphatic hydroxyl groups is 8. The first kappa shape index (κ1) is 70.4. The van der Waals surface area contributed by atoms with Crippen LogP contribution < -0.4 is 0 Å². The zero-order valence-corrected chi connectivity index (χ0v) is 49.4. The number of carbonyl (C=O) groups excluding carboxylic acids is 1. The summed E-state index contributed by atoms with van der Waals surface area (Å²) >= 11 is 0. The van der Waals surface area contributed by atoms with Gasteiger partial charge in [0.1, 0.15) is 97.7 Å². The summed E-state index contributed by atoms with van der Waals surface area (Å²) in [5.74, 6) is -1.75. The number of ether oxygens (including phenoxy) is 15. The summed E-state index contributed by atoms with van der Waals surface area (Å²) in [5, 5.41) is 87.1. The van der Waals surface area contributed by atoms with Crippen molar-refractivity contribution >= 4 is 5.97 Å². The van der Waals surface area contributed by atoms with Crippen LogP contribution in [0.4, 0.5) is 0 Å². The van der Waals surface area contributed by atoms with Crippen molar-refractivity contribution < 1.29 is 117 Å². The van der Waals surface area contributed by atoms with Crippen molar-refractivity contribution in [3.05, 3.63) is 0 Å². The maximum atomic E-state index is 13.7. The van der Waals surface area contributed by atoms with E-state index in [4.69, 9.17) is 71.1 Å². The number of hydrogen-bond acceptors (Lipinski definition) is 24. The first-order chi connectivity index (χ1) is 39.2. The molecule has 15 unspecified atom stereocenters. The minimum Gasteiger partial charge on any atom is -0.469 e. The molecule has 5 aliphatic rings. The topological polar surface area (TPSA) is 317 Å². The van der Waals surface area contributed by atoms with E-state index < -0.39 is 166 Å². The molecule has 24 nitrogen and oxygen atoms in total. The van der Waals surface area contributed by atoms with Crippen molar-refractivity contribution in [2.45, 2.75) is 273 Å². The largest absolute Gasteiger partial charge is 0.469 e. The lowest BCUT2D eigenvalue weighted by molar-refractivity contribution is -0.395. The average Bonchev–Trinajstić information content (AvgIpc) is 3.58. The van der Waals surface area contributed by atoms with Crippen LogP contribution in [0.15, 0.2) is 0 Å². The Morgan fingerprint density at radius 2 is 0.778 bits per heavy atom. The van der Waals surface area contributed by atoms with Gasteiger partial charge in [0.15, 0.2) is 25.2 Å². The van der Waals surface area contributed by atoms with Crippen molar-refractivity contribution in [2.24, 2.45) is 11.8 Å². The van der Waals surface area contributed by atoms with Gasteiger partial charge < -0.3 is 112 Å². The number of esters is 1. The van der Waals surface area contributed by atoms with Gasteiger partial charge in [0.05, 0.1) is 51.7 Å². The van der Waals surface area contributed by atoms with Gasteiger partial charge in [-0.15, -0.1) is 0 Å². The Bertz CT molecular complexity index is 1670. The summed E-state index contributed by atoms with van der Waals surface area (Å²) in [6, 6.07) is 0. The van der Waals surface area contributed by atoms with Crippen LogP contribution in [0.3, 0.4) is 0 Å². The first-order valence-electron chi connectivity index (χ1n) is 30.4. The molecule has 5 fully saturated rings. The summed E-state index contributed by atoms with van der Waals surface area (Å²) in [5.41, 5.74) is 0. The lowest BCUT2D eigenvalue weighted by atomic mass is 9.78. The van der Waals surface area contributed by atoms with E-state index in [9.17, 15) is 45.6 Å². The monoisotopic (exact) mass is 1170 g/mol. The molecule has 0 aromatic heterocycles. The fraction of sp³-hybridized carbons (Fsp3) is 0.982. The van der Waals surface area contributed by atoms with Crippen LogP contribution in [0.1, 0.15) is 138 Å². The summed E-state index contributed by atoms with van der Waals surface area (Å²) in [6.45, 7) is 14.7. The first-order valence-corrected chi connectivity index (χ1v) is 30.4. The zero-order chi connectivity index (χ0) is 59.0. The second-order valence-electron chi connectivity index (χ2n) is 22.2. The third kappa shape index (κ3) is 19.8. The van der Waals surface area contributed by atoms with Crippen LogP contribution in [-0.2, 0) is 75.8 Å². The van der Waals surface area contributed by atoms with Crippen molar-refractivity contribution in [1.29, 1.82) is 0 Å². The second-order valence-corrected chi connectivity index (χ2v) is 22.2. The highest BCUT2D eigenvalue weighted by atomic mass is 16.8. The summed E-state index contributed by atoms with van der Waals surface area (Å²) < 4.78 is 98.2. The molecule has 476 valence electrons. The lowest BCUT2D eigenvalue weighted by Crippen LogP contribution is -2.67. The molecular formula is C57H104O24. The van der Waals surface area contributed by atoms with Crippen LogP contribution in [0.5, 0.6) is 0 Å². The summed E-state index contributed by atoms with van der Waals surface area (Å²) in [4.78, 5) is 13.7. The van der Waals surface area contributed by atoms with E-state index in [0.29, 0.717) is 52.1 Å². The average molecular weight is 1170 g/mol. The Morgan fingerprint density at radius 3 is 1.16 bits per heavy atom. The Morgan fingerprint density at radius 1 is 0.420 bits per heavy atom. The van der Waals surface area contributed by atoms with Gasteiger partial charge in [0.2, 0.25) is 0 Å². The molecule has 1 saturated carbocycles. The number of carbonyl (C=O) groups is 1. The van der Waals surface area contributed by atoms with Crippen molar-refractivity contribution in [3.63, 3.8) is 0 Å². The molecule has 8 N–H and O–H groups in total. The predicted molar refractivity (Wildman–Crippen MR) is 288 cm³/mol. The van der Waals surface area contributed by atoms with E-state index in [1.807, 2.05) is 41.5 Å². The highest BCUT2D eigenvalue weighted by Gasteiger charge is 2.57. The van der Waals surface area contributed by atoms with Gasteiger partial charge in [0.25, 0.3) is 0 Å². The molecule has 24 atom stereocenters. The molecular weight excluding hydrogens is 1070 g/mol. The molecule has 81 heavy (non-hydrogen) atoms. The fourth-order valence-corrected chi connectivity index (χ4v) is 10.8. The number of unbranched alkanes of at least 4 members (excludes halogenated alkanes) is 6. The normalized spacial score (nSPS) is 39.5. The minimum atomic E-state index is -1.82. The number of rotatable bonds is 37. The molecule has 4 saturated heterocycles. The van der Waals surface area contributed by atoms with Crippen molar-refractivity contribution in [1.82, 2.24) is 0 Å². The second kappa shape index (κ2) is 37.3. The highest BCUT2D eigenvalue weighted by Crippen LogP contribution is 2.42. The molecule has 0 radical (unpaired) electrons. The van der Waals surface area contributed by atoms with Gasteiger partial charge in [-0.05, 0) is 57.3 Å². The molecule has 0 aromatic rings. The van der Waals surface area contributed by atoms with Gasteiger partial charge in [-0.25, -0.2) is 0 Å². The summed E-state index contributed by atoms with van der Waals surface area (Å²) in [7, 11) is 1.30.